The third-order valence-corrected chi connectivity index (χ3v) is 11.0. The van der Waals surface area contributed by atoms with Gasteiger partial charge < -0.3 is 0 Å². The van der Waals surface area contributed by atoms with Crippen molar-refractivity contribution in [1.82, 2.24) is 0 Å². The van der Waals surface area contributed by atoms with E-state index in [2.05, 4.69) is 25.5 Å². The predicted molar refractivity (Wildman–Crippen MR) is 65.0 cm³/mol. The van der Waals surface area contributed by atoms with Crippen molar-refractivity contribution in [3.05, 3.63) is 0 Å². The van der Waals surface area contributed by atoms with Gasteiger partial charge in [0.1, 0.15) is 0 Å². The molecule has 2 heteroatoms. The average molecular weight is 314 g/mol. The van der Waals surface area contributed by atoms with E-state index in [0.29, 0.717) is 0 Å². The minimum absolute atomic E-state index is 0.812. The van der Waals surface area contributed by atoms with Crippen LogP contribution in [-0.4, -0.2) is 29.9 Å². The summed E-state index contributed by atoms with van der Waals surface area (Å²) in [6, 6.07) is 0. The fourth-order valence-corrected chi connectivity index (χ4v) is 6.60. The van der Waals surface area contributed by atoms with Crippen molar-refractivity contribution < 1.29 is 0 Å². The van der Waals surface area contributed by atoms with E-state index < -0.39 is 0 Å². The molecule has 0 unspecified atom stereocenters. The SMILES string of the molecule is CCCCC(CCCC)([Se]C)[Se]C. The second-order valence-corrected chi connectivity index (χ2v) is 9.83. The molecule has 0 spiro atoms. The van der Waals surface area contributed by atoms with Crippen molar-refractivity contribution in [2.24, 2.45) is 0 Å². The van der Waals surface area contributed by atoms with Crippen LogP contribution in [0.4, 0.5) is 0 Å². The molecule has 0 fully saturated rings. The van der Waals surface area contributed by atoms with Crippen molar-refractivity contribution in [3.8, 4) is 0 Å². The molecule has 0 bridgehead atoms. The molecule has 0 aliphatic rings. The molecule has 0 nitrogen and oxygen atoms in total. The molecule has 0 saturated heterocycles. The van der Waals surface area contributed by atoms with Gasteiger partial charge in [-0.2, -0.15) is 0 Å². The van der Waals surface area contributed by atoms with E-state index in [4.69, 9.17) is 0 Å². The predicted octanol–water partition coefficient (Wildman–Crippen LogP) is 3.99. The van der Waals surface area contributed by atoms with Gasteiger partial charge in [-0.3, -0.25) is 0 Å². The standard InChI is InChI=1S/C11H24Se2/c1-5-7-9-11(12-3,13-4)10-8-6-2/h5-10H2,1-4H3. The molecular weight excluding hydrogens is 290 g/mol. The van der Waals surface area contributed by atoms with Gasteiger partial charge in [0.15, 0.2) is 0 Å². The fourth-order valence-electron chi connectivity index (χ4n) is 1.51. The summed E-state index contributed by atoms with van der Waals surface area (Å²) >= 11 is 1.73. The van der Waals surface area contributed by atoms with Gasteiger partial charge in [-0.1, -0.05) is 0 Å². The van der Waals surface area contributed by atoms with Gasteiger partial charge in [0, 0.05) is 0 Å². The molecule has 0 atom stereocenters. The zero-order valence-electron chi connectivity index (χ0n) is 9.56. The first-order chi connectivity index (χ1) is 6.24. The molecule has 13 heavy (non-hydrogen) atoms. The second-order valence-electron chi connectivity index (χ2n) is 3.53. The molecule has 0 radical (unpaired) electrons. The van der Waals surface area contributed by atoms with Crippen molar-refractivity contribution in [2.75, 3.05) is 0 Å². The van der Waals surface area contributed by atoms with Crippen LogP contribution in [0.2, 0.25) is 14.9 Å². The maximum absolute atomic E-state index is 2.45. The first-order valence-corrected chi connectivity index (χ1v) is 10.5. The molecule has 0 aliphatic carbocycles. The Labute approximate surface area is 96.9 Å². The third kappa shape index (κ3) is 5.47. The van der Waals surface area contributed by atoms with E-state index in [-0.39, 0.29) is 0 Å². The summed E-state index contributed by atoms with van der Waals surface area (Å²) in [6.45, 7) is 4.63. The van der Waals surface area contributed by atoms with Crippen LogP contribution in [0.1, 0.15) is 52.4 Å². The summed E-state index contributed by atoms with van der Waals surface area (Å²) in [5.41, 5.74) is 0. The zero-order chi connectivity index (χ0) is 10.2. The van der Waals surface area contributed by atoms with E-state index in [9.17, 15) is 0 Å². The average Bonchev–Trinajstić information content (AvgIpc) is 2.20. The summed E-state index contributed by atoms with van der Waals surface area (Å²) in [7, 11) is 0. The number of unbranched alkanes of at least 4 members (excludes halogenated alkanes) is 2. The summed E-state index contributed by atoms with van der Waals surface area (Å²) in [5.74, 6) is 4.90. The molecule has 0 rings (SSSR count). The molecule has 0 heterocycles. The molecule has 0 aliphatic heterocycles. The summed E-state index contributed by atoms with van der Waals surface area (Å²) in [6.07, 6.45) is 8.68. The Hall–Kier alpha value is 1.04. The topological polar surface area (TPSA) is 0 Å². The quantitative estimate of drug-likeness (QED) is 0.594. The molecule has 80 valence electrons. The molecule has 0 aromatic carbocycles. The van der Waals surface area contributed by atoms with E-state index in [1.54, 1.807) is 0 Å². The van der Waals surface area contributed by atoms with Crippen molar-refractivity contribution in [3.63, 3.8) is 0 Å². The van der Waals surface area contributed by atoms with Gasteiger partial charge in [0.25, 0.3) is 0 Å². The Bertz CT molecular complexity index is 98.7. The van der Waals surface area contributed by atoms with E-state index in [1.165, 1.54) is 38.5 Å². The van der Waals surface area contributed by atoms with Crippen molar-refractivity contribution >= 4 is 29.9 Å². The van der Waals surface area contributed by atoms with Crippen LogP contribution in [0.15, 0.2) is 0 Å². The molecular formula is C11H24Se2. The minimum atomic E-state index is 0.812. The Morgan fingerprint density at radius 1 is 0.846 bits per heavy atom. The second kappa shape index (κ2) is 8.36. The molecule has 0 N–H and O–H groups in total. The van der Waals surface area contributed by atoms with Gasteiger partial charge in [-0.25, -0.2) is 0 Å². The van der Waals surface area contributed by atoms with Crippen LogP contribution in [0, 0.1) is 0 Å². The summed E-state index contributed by atoms with van der Waals surface area (Å²) < 4.78 is 0.812. The Kier molecular flexibility index (Phi) is 9.02. The number of hydrogen-bond donors (Lipinski definition) is 0. The van der Waals surface area contributed by atoms with E-state index in [1.807, 2.05) is 0 Å². The molecule has 0 saturated carbocycles. The zero-order valence-corrected chi connectivity index (χ0v) is 13.0. The normalized spacial score (nSPS) is 12.0. The van der Waals surface area contributed by atoms with Crippen molar-refractivity contribution in [1.29, 1.82) is 0 Å². The third-order valence-electron chi connectivity index (χ3n) is 2.57. The molecule has 0 amide bonds. The first-order valence-electron chi connectivity index (χ1n) is 5.35. The van der Waals surface area contributed by atoms with Crippen LogP contribution in [0.25, 0.3) is 0 Å². The van der Waals surface area contributed by atoms with Gasteiger partial charge in [-0.05, 0) is 0 Å². The Morgan fingerprint density at radius 3 is 1.46 bits per heavy atom. The van der Waals surface area contributed by atoms with Gasteiger partial charge in [0.2, 0.25) is 0 Å². The van der Waals surface area contributed by atoms with Crippen LogP contribution in [0.5, 0.6) is 0 Å². The summed E-state index contributed by atoms with van der Waals surface area (Å²) in [4.78, 5) is 0. The van der Waals surface area contributed by atoms with Crippen LogP contribution in [0.3, 0.4) is 0 Å². The first kappa shape index (κ1) is 14.0. The Balaban J connectivity index is 3.97. The van der Waals surface area contributed by atoms with E-state index in [0.717, 1.165) is 33.1 Å². The van der Waals surface area contributed by atoms with Gasteiger partial charge in [0.05, 0.1) is 0 Å². The fraction of sp³-hybridized carbons (Fsp3) is 1.00. The van der Waals surface area contributed by atoms with E-state index >= 15 is 0 Å². The summed E-state index contributed by atoms with van der Waals surface area (Å²) in [5, 5.41) is 0. The van der Waals surface area contributed by atoms with Crippen LogP contribution < -0.4 is 0 Å². The molecule has 0 aromatic rings. The number of hydrogen-bond acceptors (Lipinski definition) is 0. The molecule has 0 aromatic heterocycles. The van der Waals surface area contributed by atoms with Crippen LogP contribution >= 0.6 is 0 Å². The number of rotatable bonds is 8. The monoisotopic (exact) mass is 316 g/mol. The van der Waals surface area contributed by atoms with Gasteiger partial charge >= 0.3 is 97.1 Å². The maximum atomic E-state index is 2.45. The van der Waals surface area contributed by atoms with Gasteiger partial charge in [-0.15, -0.1) is 0 Å². The van der Waals surface area contributed by atoms with Crippen LogP contribution in [-0.2, 0) is 0 Å². The Morgan fingerprint density at radius 2 is 1.23 bits per heavy atom. The van der Waals surface area contributed by atoms with Crippen molar-refractivity contribution in [2.45, 2.75) is 67.2 Å².